The van der Waals surface area contributed by atoms with Crippen molar-refractivity contribution in [3.63, 3.8) is 0 Å². The van der Waals surface area contributed by atoms with Crippen LogP contribution >= 0.6 is 0 Å². The fraction of sp³-hybridized carbons (Fsp3) is 0.600. The van der Waals surface area contributed by atoms with Crippen molar-refractivity contribution in [3.8, 4) is 0 Å². The molecule has 0 saturated heterocycles. The summed E-state index contributed by atoms with van der Waals surface area (Å²) in [5.41, 5.74) is 4.26. The number of aryl methyl sites for hydroxylation is 1. The Morgan fingerprint density at radius 3 is 1.78 bits per heavy atom. The molecule has 0 aliphatic heterocycles. The Hall–Kier alpha value is -0.538. The van der Waals surface area contributed by atoms with Crippen LogP contribution in [0.25, 0.3) is 0 Å². The van der Waals surface area contributed by atoms with Gasteiger partial charge in [0.2, 0.25) is 0 Å². The Bertz CT molecular complexity index is 369. The van der Waals surface area contributed by atoms with Crippen LogP contribution in [0.3, 0.4) is 0 Å². The van der Waals surface area contributed by atoms with Gasteiger partial charge < -0.3 is 4.48 Å². The zero-order chi connectivity index (χ0) is 14.6. The molecule has 0 amide bonds. The smallest absolute Gasteiger partial charge is 0.144 e. The Balaban J connectivity index is 0.000000494. The Kier molecular flexibility index (Phi) is 6.38. The molecule has 18 heavy (non-hydrogen) atoms. The van der Waals surface area contributed by atoms with Crippen LogP contribution in [-0.2, 0) is 0 Å². The van der Waals surface area contributed by atoms with Gasteiger partial charge in [-0.1, -0.05) is 48.9 Å². The summed E-state index contributed by atoms with van der Waals surface area (Å²) in [6.07, 6.45) is 0. The van der Waals surface area contributed by atoms with Gasteiger partial charge in [0, 0.05) is 7.94 Å². The van der Waals surface area contributed by atoms with E-state index in [1.165, 1.54) is 16.6 Å². The molecule has 0 aromatic heterocycles. The van der Waals surface area contributed by atoms with E-state index in [2.05, 4.69) is 86.8 Å². The fourth-order valence-corrected chi connectivity index (χ4v) is 2.64. The number of quaternary nitrogens is 1. The minimum Gasteiger partial charge on any atom is -0.333 e. The molecule has 1 aromatic rings. The first-order chi connectivity index (χ1) is 7.90. The minimum atomic E-state index is -1.08. The first-order valence-corrected chi connectivity index (χ1v) is 10.2. The summed E-state index contributed by atoms with van der Waals surface area (Å²) in [5.74, 6) is 0. The fourth-order valence-electron chi connectivity index (χ4n) is 1.40. The third kappa shape index (κ3) is 9.49. The van der Waals surface area contributed by atoms with Crippen molar-refractivity contribution in [1.82, 2.24) is 0 Å². The average molecular weight is 263 g/mol. The van der Waals surface area contributed by atoms with Crippen molar-refractivity contribution in [2.45, 2.75) is 33.5 Å². The molecule has 101 valence electrons. The molecule has 0 N–H and O–H groups in total. The summed E-state index contributed by atoms with van der Waals surface area (Å²) < 4.78 is 1.00. The predicted octanol–water partition coefficient (Wildman–Crippen LogP) is 2.79. The first kappa shape index (κ1) is 17.5. The van der Waals surface area contributed by atoms with Gasteiger partial charge in [0.25, 0.3) is 0 Å². The lowest BCUT2D eigenvalue weighted by atomic mass is 9.87. The van der Waals surface area contributed by atoms with Crippen molar-refractivity contribution in [2.75, 3.05) is 28.2 Å². The molecule has 0 aliphatic rings. The second-order valence-electron chi connectivity index (χ2n) is 7.48. The second-order valence-corrected chi connectivity index (χ2v) is 12.5. The van der Waals surface area contributed by atoms with Crippen LogP contribution in [0.15, 0.2) is 18.2 Å². The number of hydrogen-bond donors (Lipinski definition) is 0. The number of nitrogens with zero attached hydrogens (tertiary/aromatic N) is 1. The Labute approximate surface area is 116 Å². The Morgan fingerprint density at radius 1 is 0.944 bits per heavy atom. The Morgan fingerprint density at radius 2 is 1.39 bits per heavy atom. The van der Waals surface area contributed by atoms with E-state index in [9.17, 15) is 0 Å². The van der Waals surface area contributed by atoms with Crippen molar-refractivity contribution in [2.24, 2.45) is 0 Å². The largest absolute Gasteiger partial charge is 0.333 e. The number of hydrogen-bond acceptors (Lipinski definition) is 0. The van der Waals surface area contributed by atoms with Crippen LogP contribution in [0, 0.1) is 13.8 Å². The third-order valence-electron chi connectivity index (χ3n) is 2.24. The van der Waals surface area contributed by atoms with E-state index in [1.807, 2.05) is 0 Å². The van der Waals surface area contributed by atoms with Crippen LogP contribution < -0.4 is 5.46 Å². The predicted molar refractivity (Wildman–Crippen MR) is 88.6 cm³/mol. The average Bonchev–Trinajstić information content (AvgIpc) is 2.08. The van der Waals surface area contributed by atoms with E-state index in [4.69, 9.17) is 0 Å². The maximum atomic E-state index is 2.47. The van der Waals surface area contributed by atoms with Crippen LogP contribution in [-0.4, -0.2) is 47.5 Å². The van der Waals surface area contributed by atoms with Gasteiger partial charge in [0.15, 0.2) is 0 Å². The molecule has 0 aliphatic carbocycles. The SMILES string of the molecule is C[N+](C)(C)C.Cc1cccc([B][Si](C)(C)C)c1C. The highest BCUT2D eigenvalue weighted by molar-refractivity contribution is 7.27. The van der Waals surface area contributed by atoms with Crippen molar-refractivity contribution >= 4 is 20.3 Å². The monoisotopic (exact) mass is 263 g/mol. The quantitative estimate of drug-likeness (QED) is 0.568. The van der Waals surface area contributed by atoms with Gasteiger partial charge in [-0.2, -0.15) is 0 Å². The van der Waals surface area contributed by atoms with Gasteiger partial charge >= 0.3 is 0 Å². The van der Waals surface area contributed by atoms with E-state index in [0.29, 0.717) is 0 Å². The highest BCUT2D eigenvalue weighted by Gasteiger charge is 2.16. The zero-order valence-corrected chi connectivity index (χ0v) is 14.8. The van der Waals surface area contributed by atoms with Gasteiger partial charge in [0.1, 0.15) is 6.87 Å². The van der Waals surface area contributed by atoms with Crippen molar-refractivity contribution < 1.29 is 4.48 Å². The third-order valence-corrected chi connectivity index (χ3v) is 3.41. The van der Waals surface area contributed by atoms with E-state index >= 15 is 0 Å². The van der Waals surface area contributed by atoms with E-state index in [0.717, 1.165) is 4.48 Å². The summed E-state index contributed by atoms with van der Waals surface area (Å²) in [4.78, 5) is 0. The molecule has 1 radical (unpaired) electrons. The summed E-state index contributed by atoms with van der Waals surface area (Å²) >= 11 is 0. The zero-order valence-electron chi connectivity index (χ0n) is 13.8. The molecule has 1 rings (SSSR count). The molecule has 0 unspecified atom stereocenters. The summed E-state index contributed by atoms with van der Waals surface area (Å²) in [6.45, 7) is 14.0. The topological polar surface area (TPSA) is 0 Å². The highest BCUT2D eigenvalue weighted by atomic mass is 28.3. The summed E-state index contributed by atoms with van der Waals surface area (Å²) in [7, 11) is 7.42. The molecule has 1 aromatic carbocycles. The van der Waals surface area contributed by atoms with Gasteiger partial charge in [-0.15, -0.1) is 0 Å². The standard InChI is InChI=1S/C11H18BSi.C4H12N/c1-9-7-6-8-11(10(9)2)12-13(3,4)5;1-5(2,3)4/h6-8H,1-5H3;1-4H3/q;+1. The van der Waals surface area contributed by atoms with Crippen LogP contribution in [0.5, 0.6) is 0 Å². The molecule has 0 fully saturated rings. The highest BCUT2D eigenvalue weighted by Crippen LogP contribution is 2.05. The lowest BCUT2D eigenvalue weighted by Gasteiger charge is -2.17. The molecule has 1 nitrogen and oxygen atoms in total. The lowest BCUT2D eigenvalue weighted by molar-refractivity contribution is -0.849. The minimum absolute atomic E-state index is 1.00. The molecule has 3 heteroatoms. The molecule has 0 heterocycles. The summed E-state index contributed by atoms with van der Waals surface area (Å²) in [6, 6.07) is 6.55. The molecule has 0 atom stereocenters. The first-order valence-electron chi connectivity index (χ1n) is 6.61. The van der Waals surface area contributed by atoms with Crippen LogP contribution in [0.1, 0.15) is 11.1 Å². The van der Waals surface area contributed by atoms with Crippen LogP contribution in [0.4, 0.5) is 0 Å². The molecular weight excluding hydrogens is 233 g/mol. The van der Waals surface area contributed by atoms with Crippen molar-refractivity contribution in [1.29, 1.82) is 0 Å². The normalized spacial score (nSPS) is 11.6. The lowest BCUT2D eigenvalue weighted by Crippen LogP contribution is -2.39. The van der Waals surface area contributed by atoms with E-state index in [1.54, 1.807) is 0 Å². The maximum Gasteiger partial charge on any atom is 0.144 e. The van der Waals surface area contributed by atoms with E-state index in [-0.39, 0.29) is 0 Å². The molecule has 0 bridgehead atoms. The van der Waals surface area contributed by atoms with Gasteiger partial charge in [0.05, 0.1) is 28.2 Å². The van der Waals surface area contributed by atoms with E-state index < -0.39 is 7.94 Å². The van der Waals surface area contributed by atoms with Gasteiger partial charge in [-0.05, 0) is 19.4 Å². The molecule has 0 spiro atoms. The molecule has 0 saturated carbocycles. The van der Waals surface area contributed by atoms with Gasteiger partial charge in [-0.25, -0.2) is 0 Å². The number of benzene rings is 1. The molecular formula is C15H30BNSi+. The summed E-state index contributed by atoms with van der Waals surface area (Å²) in [5, 5.41) is 0. The van der Waals surface area contributed by atoms with Gasteiger partial charge in [-0.3, -0.25) is 0 Å². The van der Waals surface area contributed by atoms with Crippen LogP contribution in [0.2, 0.25) is 19.6 Å². The second kappa shape index (κ2) is 6.58. The number of rotatable bonds is 2. The van der Waals surface area contributed by atoms with Crippen molar-refractivity contribution in [3.05, 3.63) is 29.3 Å². The maximum absolute atomic E-state index is 2.47.